The van der Waals surface area contributed by atoms with Crippen LogP contribution >= 0.6 is 11.6 Å². The van der Waals surface area contributed by atoms with Gasteiger partial charge in [-0.05, 0) is 37.1 Å². The molecule has 0 atom stereocenters. The fourth-order valence-corrected chi connectivity index (χ4v) is 5.04. The van der Waals surface area contributed by atoms with Gasteiger partial charge in [0.25, 0.3) is 11.8 Å². The van der Waals surface area contributed by atoms with Gasteiger partial charge >= 0.3 is 0 Å². The molecule has 0 unspecified atom stereocenters. The molecule has 1 aliphatic heterocycles. The molecule has 1 fully saturated rings. The average Bonchev–Trinajstić information content (AvgIpc) is 3.14. The summed E-state index contributed by atoms with van der Waals surface area (Å²) in [5, 5.41) is 4.16. The Kier molecular flexibility index (Phi) is 5.47. The first kappa shape index (κ1) is 20.8. The van der Waals surface area contributed by atoms with Crippen molar-refractivity contribution in [3.05, 3.63) is 64.3 Å². The lowest BCUT2D eigenvalue weighted by atomic mass is 9.94. The number of methoxy groups -OCH3 is 1. The second-order valence-electron chi connectivity index (χ2n) is 8.35. The Morgan fingerprint density at radius 1 is 1.16 bits per heavy atom. The molecule has 0 saturated heterocycles. The number of pyridine rings is 1. The SMILES string of the molecule is COc1ccc(Cl)cc1NC(=O)c1c2c(nc3ccccc13)C(=O)N(C1CCCCC1)C2. The lowest BCUT2D eigenvalue weighted by Gasteiger charge is -2.30. The first-order valence-corrected chi connectivity index (χ1v) is 11.3. The highest BCUT2D eigenvalue weighted by Crippen LogP contribution is 2.36. The van der Waals surface area contributed by atoms with Crippen LogP contribution in [0.15, 0.2) is 42.5 Å². The van der Waals surface area contributed by atoms with E-state index in [-0.39, 0.29) is 17.9 Å². The van der Waals surface area contributed by atoms with Gasteiger partial charge < -0.3 is 15.0 Å². The number of hydrogen-bond acceptors (Lipinski definition) is 4. The fraction of sp³-hybridized carbons (Fsp3) is 0.320. The Hall–Kier alpha value is -3.12. The molecule has 1 aliphatic carbocycles. The number of benzene rings is 2. The van der Waals surface area contributed by atoms with Gasteiger partial charge in [-0.1, -0.05) is 49.1 Å². The van der Waals surface area contributed by atoms with Gasteiger partial charge in [-0.3, -0.25) is 9.59 Å². The smallest absolute Gasteiger partial charge is 0.273 e. The molecular weight excluding hydrogens is 426 g/mol. The molecular formula is C25H24ClN3O3. The summed E-state index contributed by atoms with van der Waals surface area (Å²) in [5.41, 5.74) is 2.68. The maximum absolute atomic E-state index is 13.6. The van der Waals surface area contributed by atoms with Crippen molar-refractivity contribution in [1.29, 1.82) is 0 Å². The highest BCUT2D eigenvalue weighted by atomic mass is 35.5. The second kappa shape index (κ2) is 8.43. The lowest BCUT2D eigenvalue weighted by molar-refractivity contribution is 0.0655. The Bertz CT molecular complexity index is 1220. The zero-order valence-corrected chi connectivity index (χ0v) is 18.6. The number of aromatic nitrogens is 1. The van der Waals surface area contributed by atoms with Gasteiger partial charge in [0.05, 0.1) is 23.9 Å². The van der Waals surface area contributed by atoms with E-state index < -0.39 is 0 Å². The number of carbonyl (C=O) groups is 2. The number of carbonyl (C=O) groups excluding carboxylic acids is 2. The molecule has 2 aromatic carbocycles. The van der Waals surface area contributed by atoms with Crippen LogP contribution < -0.4 is 10.1 Å². The molecule has 2 heterocycles. The zero-order chi connectivity index (χ0) is 22.2. The zero-order valence-electron chi connectivity index (χ0n) is 17.9. The van der Waals surface area contributed by atoms with Gasteiger partial charge in [-0.2, -0.15) is 0 Å². The summed E-state index contributed by atoms with van der Waals surface area (Å²) < 4.78 is 5.38. The van der Waals surface area contributed by atoms with E-state index >= 15 is 0 Å². The Balaban J connectivity index is 1.59. The minimum Gasteiger partial charge on any atom is -0.495 e. The minimum absolute atomic E-state index is 0.0768. The second-order valence-corrected chi connectivity index (χ2v) is 8.79. The van der Waals surface area contributed by atoms with Gasteiger partial charge in [0.15, 0.2) is 0 Å². The van der Waals surface area contributed by atoms with Crippen LogP contribution in [0.5, 0.6) is 5.75 Å². The summed E-state index contributed by atoms with van der Waals surface area (Å²) in [6.45, 7) is 0.409. The summed E-state index contributed by atoms with van der Waals surface area (Å²) in [6.07, 6.45) is 5.47. The van der Waals surface area contributed by atoms with Crippen LogP contribution in [-0.4, -0.2) is 34.8 Å². The van der Waals surface area contributed by atoms with E-state index in [1.54, 1.807) is 25.3 Å². The lowest BCUT2D eigenvalue weighted by Crippen LogP contribution is -2.37. The largest absolute Gasteiger partial charge is 0.495 e. The third-order valence-electron chi connectivity index (χ3n) is 6.44. The van der Waals surface area contributed by atoms with Crippen LogP contribution in [-0.2, 0) is 6.54 Å². The molecule has 0 bridgehead atoms. The number of ether oxygens (including phenoxy) is 1. The van der Waals surface area contributed by atoms with Crippen molar-refractivity contribution >= 4 is 40.0 Å². The Labute approximate surface area is 191 Å². The fourth-order valence-electron chi connectivity index (χ4n) is 4.87. The number of anilines is 1. The average molecular weight is 450 g/mol. The molecule has 0 radical (unpaired) electrons. The molecule has 6 nitrogen and oxygen atoms in total. The molecule has 2 amide bonds. The molecule has 164 valence electrons. The van der Waals surface area contributed by atoms with Gasteiger partial charge in [0.1, 0.15) is 11.4 Å². The molecule has 5 rings (SSSR count). The first-order chi connectivity index (χ1) is 15.6. The predicted octanol–water partition coefficient (Wildman–Crippen LogP) is 5.44. The quantitative estimate of drug-likeness (QED) is 0.575. The summed E-state index contributed by atoms with van der Waals surface area (Å²) >= 11 is 6.15. The van der Waals surface area contributed by atoms with Gasteiger partial charge in [-0.15, -0.1) is 0 Å². The predicted molar refractivity (Wildman–Crippen MR) is 124 cm³/mol. The number of rotatable bonds is 4. The van der Waals surface area contributed by atoms with Crippen molar-refractivity contribution in [2.24, 2.45) is 0 Å². The van der Waals surface area contributed by atoms with Crippen molar-refractivity contribution < 1.29 is 14.3 Å². The molecule has 2 aliphatic rings. The topological polar surface area (TPSA) is 71.5 Å². The maximum Gasteiger partial charge on any atom is 0.273 e. The van der Waals surface area contributed by atoms with E-state index in [1.165, 1.54) is 6.42 Å². The molecule has 1 saturated carbocycles. The Morgan fingerprint density at radius 2 is 1.94 bits per heavy atom. The van der Waals surface area contributed by atoms with Crippen molar-refractivity contribution in [2.45, 2.75) is 44.7 Å². The highest BCUT2D eigenvalue weighted by molar-refractivity contribution is 6.31. The monoisotopic (exact) mass is 449 g/mol. The van der Waals surface area contributed by atoms with E-state index in [1.807, 2.05) is 29.2 Å². The standard InChI is InChI=1S/C25H24ClN3O3/c1-32-21-12-11-15(26)13-20(21)28-24(30)22-17-9-5-6-10-19(17)27-23-18(22)14-29(25(23)31)16-7-3-2-4-8-16/h5-6,9-13,16H,2-4,7-8,14H2,1H3,(H,28,30). The summed E-state index contributed by atoms with van der Waals surface area (Å²) in [7, 11) is 1.54. The van der Waals surface area contributed by atoms with Crippen LogP contribution in [0.2, 0.25) is 5.02 Å². The van der Waals surface area contributed by atoms with Gasteiger partial charge in [0.2, 0.25) is 0 Å². The van der Waals surface area contributed by atoms with Crippen LogP contribution in [0.3, 0.4) is 0 Å². The van der Waals surface area contributed by atoms with Crippen LogP contribution in [0.25, 0.3) is 10.9 Å². The van der Waals surface area contributed by atoms with Crippen molar-refractivity contribution in [3.8, 4) is 5.75 Å². The van der Waals surface area contributed by atoms with E-state index in [2.05, 4.69) is 10.3 Å². The number of fused-ring (bicyclic) bond motifs is 2. The van der Waals surface area contributed by atoms with E-state index in [9.17, 15) is 9.59 Å². The summed E-state index contributed by atoms with van der Waals surface area (Å²) in [4.78, 5) is 33.5. The highest BCUT2D eigenvalue weighted by Gasteiger charge is 2.38. The number of amides is 2. The number of nitrogens with one attached hydrogen (secondary N) is 1. The van der Waals surface area contributed by atoms with Gasteiger partial charge in [-0.25, -0.2) is 4.98 Å². The van der Waals surface area contributed by atoms with Crippen molar-refractivity contribution in [2.75, 3.05) is 12.4 Å². The number of para-hydroxylation sites is 1. The van der Waals surface area contributed by atoms with Crippen LogP contribution in [0, 0.1) is 0 Å². The van der Waals surface area contributed by atoms with Gasteiger partial charge in [0, 0.05) is 28.6 Å². The number of halogens is 1. The first-order valence-electron chi connectivity index (χ1n) is 10.9. The molecule has 3 aromatic rings. The van der Waals surface area contributed by atoms with E-state index in [0.717, 1.165) is 31.1 Å². The summed E-state index contributed by atoms with van der Waals surface area (Å²) in [6, 6.07) is 12.7. The minimum atomic E-state index is -0.307. The molecule has 0 spiro atoms. The number of nitrogens with zero attached hydrogens (tertiary/aromatic N) is 2. The molecule has 1 aromatic heterocycles. The normalized spacial score (nSPS) is 16.3. The molecule has 7 heteroatoms. The van der Waals surface area contributed by atoms with Crippen molar-refractivity contribution in [1.82, 2.24) is 9.88 Å². The number of hydrogen-bond donors (Lipinski definition) is 1. The van der Waals surface area contributed by atoms with Crippen LogP contribution in [0.4, 0.5) is 5.69 Å². The van der Waals surface area contributed by atoms with Crippen LogP contribution in [0.1, 0.15) is 58.5 Å². The van der Waals surface area contributed by atoms with E-state index in [4.69, 9.17) is 16.3 Å². The van der Waals surface area contributed by atoms with E-state index in [0.29, 0.717) is 45.3 Å². The van der Waals surface area contributed by atoms with Crippen molar-refractivity contribution in [3.63, 3.8) is 0 Å². The maximum atomic E-state index is 13.6. The molecule has 32 heavy (non-hydrogen) atoms. The Morgan fingerprint density at radius 3 is 2.72 bits per heavy atom. The molecule has 1 N–H and O–H groups in total. The third kappa shape index (κ3) is 3.58. The third-order valence-corrected chi connectivity index (χ3v) is 6.67. The summed E-state index contributed by atoms with van der Waals surface area (Å²) in [5.74, 6) is 0.128.